The van der Waals surface area contributed by atoms with E-state index in [1.165, 1.54) is 12.1 Å². The zero-order valence-electron chi connectivity index (χ0n) is 8.67. The fourth-order valence-corrected chi connectivity index (χ4v) is 1.73. The quantitative estimate of drug-likeness (QED) is 0.600. The van der Waals surface area contributed by atoms with E-state index in [4.69, 9.17) is 0 Å². The lowest BCUT2D eigenvalue weighted by Crippen LogP contribution is -2.31. The highest BCUT2D eigenvalue weighted by atomic mass is 32.1. The molecule has 0 aliphatic rings. The van der Waals surface area contributed by atoms with Gasteiger partial charge in [0.25, 0.3) is 5.91 Å². The average Bonchev–Trinajstić information content (AvgIpc) is 2.74. The molecule has 1 atom stereocenters. The van der Waals surface area contributed by atoms with Crippen LogP contribution in [0.2, 0.25) is 0 Å². The molecule has 88 valence electrons. The van der Waals surface area contributed by atoms with E-state index in [1.54, 1.807) is 6.92 Å². The van der Waals surface area contributed by atoms with E-state index >= 15 is 0 Å². The molecule has 7 heteroatoms. The Labute approximate surface area is 96.1 Å². The minimum absolute atomic E-state index is 0.0683. The summed E-state index contributed by atoms with van der Waals surface area (Å²) in [5, 5.41) is 22.1. The number of aliphatic hydroxyl groups is 1. The van der Waals surface area contributed by atoms with Gasteiger partial charge in [-0.1, -0.05) is 18.3 Å². The van der Waals surface area contributed by atoms with Gasteiger partial charge in [-0.15, -0.1) is 0 Å². The van der Waals surface area contributed by atoms with Gasteiger partial charge in [0.15, 0.2) is 0 Å². The number of carbonyl (C=O) groups is 1. The van der Waals surface area contributed by atoms with Crippen molar-refractivity contribution in [1.29, 1.82) is 0 Å². The molecule has 1 aromatic heterocycles. The second-order valence-electron chi connectivity index (χ2n) is 3.17. The fraction of sp³-hybridized carbons (Fsp3) is 0.444. The van der Waals surface area contributed by atoms with Crippen LogP contribution >= 0.6 is 11.3 Å². The molecule has 0 bridgehead atoms. The Bertz CT molecular complexity index is 391. The third-order valence-corrected chi connectivity index (χ3v) is 3.00. The zero-order chi connectivity index (χ0) is 12.1. The lowest BCUT2D eigenvalue weighted by molar-refractivity contribution is -0.380. The lowest BCUT2D eigenvalue weighted by atomic mass is 10.3. The van der Waals surface area contributed by atoms with Crippen LogP contribution in [-0.2, 0) is 0 Å². The van der Waals surface area contributed by atoms with Crippen LogP contribution in [-0.4, -0.2) is 28.6 Å². The number of aliphatic hydroxyl groups excluding tert-OH is 1. The summed E-state index contributed by atoms with van der Waals surface area (Å²) < 4.78 is 0. The lowest BCUT2D eigenvalue weighted by Gasteiger charge is -2.07. The summed E-state index contributed by atoms with van der Waals surface area (Å²) in [5.74, 6) is -0.398. The summed E-state index contributed by atoms with van der Waals surface area (Å²) >= 11 is 0.816. The summed E-state index contributed by atoms with van der Waals surface area (Å²) in [6.45, 7) is 1.95. The van der Waals surface area contributed by atoms with Crippen molar-refractivity contribution in [1.82, 2.24) is 5.32 Å². The highest BCUT2D eigenvalue weighted by Crippen LogP contribution is 2.23. The van der Waals surface area contributed by atoms with Crippen molar-refractivity contribution in [2.75, 3.05) is 6.54 Å². The van der Waals surface area contributed by atoms with E-state index in [9.17, 15) is 20.0 Å². The number of carbonyl (C=O) groups excluding carboxylic acids is 1. The molecule has 0 saturated carbocycles. The maximum Gasteiger partial charge on any atom is 0.324 e. The van der Waals surface area contributed by atoms with Crippen LogP contribution in [0.4, 0.5) is 5.00 Å². The van der Waals surface area contributed by atoms with Gasteiger partial charge in [-0.3, -0.25) is 14.9 Å². The Kier molecular flexibility index (Phi) is 4.39. The smallest absolute Gasteiger partial charge is 0.324 e. The molecule has 0 aromatic carbocycles. The van der Waals surface area contributed by atoms with E-state index in [0.717, 1.165) is 11.3 Å². The van der Waals surface area contributed by atoms with Gasteiger partial charge < -0.3 is 10.4 Å². The largest absolute Gasteiger partial charge is 0.391 e. The summed E-state index contributed by atoms with van der Waals surface area (Å²) in [6.07, 6.45) is -0.0379. The van der Waals surface area contributed by atoms with Gasteiger partial charge in [0.2, 0.25) is 0 Å². The van der Waals surface area contributed by atoms with E-state index in [2.05, 4.69) is 5.32 Å². The van der Waals surface area contributed by atoms with E-state index in [0.29, 0.717) is 6.42 Å². The van der Waals surface area contributed by atoms with Crippen molar-refractivity contribution in [2.45, 2.75) is 19.4 Å². The second-order valence-corrected chi connectivity index (χ2v) is 4.23. The number of nitro groups is 1. The van der Waals surface area contributed by atoms with Crippen LogP contribution in [0.1, 0.15) is 23.0 Å². The van der Waals surface area contributed by atoms with Gasteiger partial charge in [0.05, 0.1) is 15.9 Å². The predicted octanol–water partition coefficient (Wildman–Crippen LogP) is 1.16. The molecular weight excluding hydrogens is 232 g/mol. The molecular formula is C9H12N2O4S. The summed E-state index contributed by atoms with van der Waals surface area (Å²) in [6, 6.07) is 2.69. The molecule has 0 spiro atoms. The minimum atomic E-state index is -0.584. The SMILES string of the molecule is CCC(O)CNC(=O)c1ccc([N+](=O)[O-])s1. The number of hydrogen-bond donors (Lipinski definition) is 2. The highest BCUT2D eigenvalue weighted by Gasteiger charge is 2.15. The molecule has 0 saturated heterocycles. The molecule has 1 amide bonds. The maximum absolute atomic E-state index is 11.5. The number of thiophene rings is 1. The number of nitrogens with one attached hydrogen (secondary N) is 1. The van der Waals surface area contributed by atoms with Crippen LogP contribution in [0.3, 0.4) is 0 Å². The standard InChI is InChI=1S/C9H12N2O4S/c1-2-6(12)5-10-9(13)7-3-4-8(16-7)11(14)15/h3-4,6,12H,2,5H2,1H3,(H,10,13). The first kappa shape index (κ1) is 12.6. The van der Waals surface area contributed by atoms with Crippen molar-refractivity contribution < 1.29 is 14.8 Å². The van der Waals surface area contributed by atoms with Crippen LogP contribution in [0.25, 0.3) is 0 Å². The summed E-state index contributed by atoms with van der Waals surface area (Å²) in [7, 11) is 0. The molecule has 0 aliphatic heterocycles. The number of rotatable bonds is 5. The first-order valence-corrected chi connectivity index (χ1v) is 5.56. The highest BCUT2D eigenvalue weighted by molar-refractivity contribution is 7.17. The molecule has 1 heterocycles. The molecule has 6 nitrogen and oxygen atoms in total. The van der Waals surface area contributed by atoms with Crippen molar-refractivity contribution in [2.24, 2.45) is 0 Å². The van der Waals surface area contributed by atoms with Crippen molar-refractivity contribution in [3.05, 3.63) is 27.1 Å². The number of amides is 1. The molecule has 1 unspecified atom stereocenters. The molecule has 0 aliphatic carbocycles. The maximum atomic E-state index is 11.5. The Morgan fingerprint density at radius 1 is 1.69 bits per heavy atom. The Morgan fingerprint density at radius 3 is 2.88 bits per heavy atom. The number of nitrogens with zero attached hydrogens (tertiary/aromatic N) is 1. The van der Waals surface area contributed by atoms with Gasteiger partial charge in [-0.2, -0.15) is 0 Å². The second kappa shape index (κ2) is 5.57. The molecule has 16 heavy (non-hydrogen) atoms. The molecule has 2 N–H and O–H groups in total. The zero-order valence-corrected chi connectivity index (χ0v) is 9.49. The summed E-state index contributed by atoms with van der Waals surface area (Å²) in [5.41, 5.74) is 0. The first-order chi connectivity index (χ1) is 7.54. The first-order valence-electron chi connectivity index (χ1n) is 4.75. The van der Waals surface area contributed by atoms with Gasteiger partial charge in [0, 0.05) is 12.6 Å². The third-order valence-electron chi connectivity index (χ3n) is 1.97. The normalized spacial score (nSPS) is 12.1. The van der Waals surface area contributed by atoms with E-state index in [-0.39, 0.29) is 16.4 Å². The Morgan fingerprint density at radius 2 is 2.38 bits per heavy atom. The monoisotopic (exact) mass is 244 g/mol. The van der Waals surface area contributed by atoms with Gasteiger partial charge in [-0.25, -0.2) is 0 Å². The average molecular weight is 244 g/mol. The van der Waals surface area contributed by atoms with E-state index in [1.807, 2.05) is 0 Å². The van der Waals surface area contributed by atoms with Gasteiger partial charge >= 0.3 is 5.00 Å². The third kappa shape index (κ3) is 3.28. The molecule has 0 fully saturated rings. The Hall–Kier alpha value is -1.47. The molecule has 1 aromatic rings. The van der Waals surface area contributed by atoms with Crippen LogP contribution < -0.4 is 5.32 Å². The molecule has 1 rings (SSSR count). The van der Waals surface area contributed by atoms with Gasteiger partial charge in [-0.05, 0) is 12.5 Å². The van der Waals surface area contributed by atoms with Crippen molar-refractivity contribution >= 4 is 22.2 Å². The van der Waals surface area contributed by atoms with Crippen LogP contribution in [0, 0.1) is 10.1 Å². The molecule has 0 radical (unpaired) electrons. The Balaban J connectivity index is 2.56. The summed E-state index contributed by atoms with van der Waals surface area (Å²) in [4.78, 5) is 21.6. The minimum Gasteiger partial charge on any atom is -0.391 e. The van der Waals surface area contributed by atoms with Crippen LogP contribution in [0.15, 0.2) is 12.1 Å². The van der Waals surface area contributed by atoms with Crippen molar-refractivity contribution in [3.8, 4) is 0 Å². The topological polar surface area (TPSA) is 92.5 Å². The van der Waals surface area contributed by atoms with E-state index < -0.39 is 16.9 Å². The predicted molar refractivity (Wildman–Crippen MR) is 59.6 cm³/mol. The van der Waals surface area contributed by atoms with Crippen molar-refractivity contribution in [3.63, 3.8) is 0 Å². The van der Waals surface area contributed by atoms with Crippen LogP contribution in [0.5, 0.6) is 0 Å². The fourth-order valence-electron chi connectivity index (χ4n) is 0.990. The number of hydrogen-bond acceptors (Lipinski definition) is 5. The van der Waals surface area contributed by atoms with Gasteiger partial charge in [0.1, 0.15) is 0 Å².